The van der Waals surface area contributed by atoms with Crippen molar-refractivity contribution in [3.05, 3.63) is 10.1 Å². The summed E-state index contributed by atoms with van der Waals surface area (Å²) in [7, 11) is 5.91. The summed E-state index contributed by atoms with van der Waals surface area (Å²) in [6.07, 6.45) is 3.48. The molecule has 1 aliphatic rings. The Morgan fingerprint density at radius 2 is 1.94 bits per heavy atom. The standard InChI is InChI=1S/C11H20NO2.ClH.Hg/c1-10(2,3)9-5-7-11(4,8-6-9)12(13)14;;/h9H,4-8H2,1-3H3;1H;/q;;+1/p-1. The van der Waals surface area contributed by atoms with Gasteiger partial charge in [0.2, 0.25) is 0 Å². The SMILES string of the molecule is CC(C)(C)C1CCC([CH2][Hg][Cl])([N+](=O)[O-])CC1. The van der Waals surface area contributed by atoms with Gasteiger partial charge in [-0.2, -0.15) is 0 Å². The van der Waals surface area contributed by atoms with Crippen molar-refractivity contribution in [2.75, 3.05) is 0 Å². The second kappa shape index (κ2) is 5.51. The zero-order valence-corrected chi connectivity index (χ0v) is 16.7. The minimum atomic E-state index is -1.44. The molecule has 0 N–H and O–H groups in total. The predicted molar refractivity (Wildman–Crippen MR) is 61.8 cm³/mol. The number of halogens is 1. The molecule has 0 radical (unpaired) electrons. The van der Waals surface area contributed by atoms with E-state index in [1.54, 1.807) is 0 Å². The Kier molecular flexibility index (Phi) is 5.06. The van der Waals surface area contributed by atoms with Crippen molar-refractivity contribution < 1.29 is 28.3 Å². The Hall–Kier alpha value is 0.625. The molecule has 0 aromatic carbocycles. The normalized spacial score (nSPS) is 30.9. The molecule has 16 heavy (non-hydrogen) atoms. The first-order chi connectivity index (χ1) is 7.32. The molecule has 0 saturated heterocycles. The van der Waals surface area contributed by atoms with Crippen molar-refractivity contribution in [3.63, 3.8) is 0 Å². The van der Waals surface area contributed by atoms with Crippen LogP contribution in [0.1, 0.15) is 46.5 Å². The first-order valence-corrected chi connectivity index (χ1v) is 16.7. The summed E-state index contributed by atoms with van der Waals surface area (Å²) in [5, 5.41) is 11.2. The number of hydrogen-bond acceptors (Lipinski definition) is 2. The van der Waals surface area contributed by atoms with Crippen LogP contribution >= 0.6 is 8.25 Å². The van der Waals surface area contributed by atoms with Crippen molar-refractivity contribution in [1.82, 2.24) is 0 Å². The summed E-state index contributed by atoms with van der Waals surface area (Å²) >= 11 is -1.44. The molecule has 1 aliphatic carbocycles. The molecule has 0 aromatic heterocycles. The van der Waals surface area contributed by atoms with Crippen LogP contribution in [0.5, 0.6) is 0 Å². The molecular weight excluding hydrogens is 414 g/mol. The monoisotopic (exact) mass is 435 g/mol. The van der Waals surface area contributed by atoms with E-state index < -0.39 is 28.9 Å². The Morgan fingerprint density at radius 3 is 2.25 bits per heavy atom. The molecule has 0 heterocycles. The van der Waals surface area contributed by atoms with E-state index in [1.807, 2.05) is 0 Å². The minimum absolute atomic E-state index is 0.0335. The predicted octanol–water partition coefficient (Wildman–Crippen LogP) is 3.89. The third-order valence-electron chi connectivity index (χ3n) is 4.09. The zero-order valence-electron chi connectivity index (χ0n) is 10.5. The van der Waals surface area contributed by atoms with Crippen LogP contribution in [0.3, 0.4) is 0 Å². The van der Waals surface area contributed by atoms with E-state index >= 15 is 0 Å². The fourth-order valence-electron chi connectivity index (χ4n) is 2.72. The van der Waals surface area contributed by atoms with Crippen LogP contribution in [0, 0.1) is 21.4 Å². The van der Waals surface area contributed by atoms with Crippen LogP contribution in [0.2, 0.25) is 3.93 Å². The van der Waals surface area contributed by atoms with Gasteiger partial charge in [-0.3, -0.25) is 0 Å². The maximum absolute atomic E-state index is 11.2. The topological polar surface area (TPSA) is 43.1 Å². The Labute approximate surface area is 113 Å². The summed E-state index contributed by atoms with van der Waals surface area (Å²) < 4.78 is 0.735. The first kappa shape index (κ1) is 14.7. The van der Waals surface area contributed by atoms with Crippen LogP contribution < -0.4 is 0 Å². The summed E-state index contributed by atoms with van der Waals surface area (Å²) in [5.74, 6) is 0.632. The zero-order chi connectivity index (χ0) is 12.4. The summed E-state index contributed by atoms with van der Waals surface area (Å²) in [6, 6.07) is 0. The van der Waals surface area contributed by atoms with E-state index in [2.05, 4.69) is 20.8 Å². The van der Waals surface area contributed by atoms with Gasteiger partial charge >= 0.3 is 114 Å². The first-order valence-electron chi connectivity index (χ1n) is 6.02. The van der Waals surface area contributed by atoms with Crippen LogP contribution in [0.4, 0.5) is 0 Å². The van der Waals surface area contributed by atoms with E-state index in [9.17, 15) is 10.1 Å². The Bertz CT molecular complexity index is 257. The molecule has 5 heteroatoms. The average molecular weight is 434 g/mol. The van der Waals surface area contributed by atoms with E-state index in [4.69, 9.17) is 8.25 Å². The van der Waals surface area contributed by atoms with E-state index in [0.717, 1.165) is 29.6 Å². The fourth-order valence-corrected chi connectivity index (χ4v) is 9.83. The van der Waals surface area contributed by atoms with Crippen molar-refractivity contribution in [3.8, 4) is 0 Å². The van der Waals surface area contributed by atoms with Gasteiger partial charge < -0.3 is 0 Å². The third kappa shape index (κ3) is 3.31. The quantitative estimate of drug-likeness (QED) is 0.384. The van der Waals surface area contributed by atoms with Gasteiger partial charge in [-0.15, -0.1) is 0 Å². The van der Waals surface area contributed by atoms with Gasteiger partial charge in [-0.05, 0) is 0 Å². The molecule has 0 amide bonds. The molecule has 0 aliphatic heterocycles. The number of hydrogen-bond donors (Lipinski definition) is 0. The van der Waals surface area contributed by atoms with E-state index in [1.165, 1.54) is 0 Å². The van der Waals surface area contributed by atoms with Gasteiger partial charge in [0.15, 0.2) is 0 Å². The maximum atomic E-state index is 11.2. The van der Waals surface area contributed by atoms with Crippen LogP contribution in [0.15, 0.2) is 0 Å². The van der Waals surface area contributed by atoms with Gasteiger partial charge in [-0.1, -0.05) is 0 Å². The molecule has 3 nitrogen and oxygen atoms in total. The van der Waals surface area contributed by atoms with Gasteiger partial charge in [-0.25, -0.2) is 0 Å². The van der Waals surface area contributed by atoms with E-state index in [-0.39, 0.29) is 10.3 Å². The molecule has 1 rings (SSSR count). The van der Waals surface area contributed by atoms with Crippen molar-refractivity contribution in [1.29, 1.82) is 0 Å². The summed E-state index contributed by atoms with van der Waals surface area (Å²) in [4.78, 5) is 11.2. The van der Waals surface area contributed by atoms with Crippen molar-refractivity contribution >= 4 is 8.25 Å². The second-order valence-corrected chi connectivity index (χ2v) is 12.8. The molecule has 1 saturated carbocycles. The van der Waals surface area contributed by atoms with Crippen molar-refractivity contribution in [2.45, 2.75) is 55.9 Å². The molecule has 0 spiro atoms. The Balaban J connectivity index is 2.67. The van der Waals surface area contributed by atoms with Gasteiger partial charge in [0.25, 0.3) is 0 Å². The Morgan fingerprint density at radius 1 is 1.44 bits per heavy atom. The van der Waals surface area contributed by atoms with Gasteiger partial charge in [0.05, 0.1) is 0 Å². The van der Waals surface area contributed by atoms with Crippen LogP contribution in [-0.4, -0.2) is 10.5 Å². The molecule has 0 unspecified atom stereocenters. The molecule has 0 atom stereocenters. The third-order valence-corrected chi connectivity index (χ3v) is 10.1. The molecule has 90 valence electrons. The molecular formula is C11H20ClHgNO2. The van der Waals surface area contributed by atoms with E-state index in [0.29, 0.717) is 5.92 Å². The number of nitrogens with zero attached hydrogens (tertiary/aromatic N) is 1. The van der Waals surface area contributed by atoms with Gasteiger partial charge in [0.1, 0.15) is 0 Å². The average Bonchev–Trinajstić information content (AvgIpc) is 2.17. The second-order valence-electron chi connectivity index (χ2n) is 6.06. The number of nitro groups is 1. The molecule has 1 fully saturated rings. The summed E-state index contributed by atoms with van der Waals surface area (Å²) in [5.41, 5.74) is -0.348. The number of rotatable bonds is 3. The summed E-state index contributed by atoms with van der Waals surface area (Å²) in [6.45, 7) is 6.70. The molecule has 0 aromatic rings. The van der Waals surface area contributed by atoms with Crippen molar-refractivity contribution in [2.24, 2.45) is 11.3 Å². The molecule has 0 bridgehead atoms. The fraction of sp³-hybridized carbons (Fsp3) is 1.00. The van der Waals surface area contributed by atoms with Crippen LogP contribution in [-0.2, 0) is 23.3 Å². The van der Waals surface area contributed by atoms with Crippen LogP contribution in [0.25, 0.3) is 0 Å². The van der Waals surface area contributed by atoms with Gasteiger partial charge in [0, 0.05) is 0 Å².